The Labute approximate surface area is 166 Å². The molecule has 0 amide bonds. The number of hydrogen-bond donors (Lipinski definition) is 1. The maximum Gasteiger partial charge on any atom is 0.232 e. The second-order valence-corrected chi connectivity index (χ2v) is 7.68. The summed E-state index contributed by atoms with van der Waals surface area (Å²) in [4.78, 5) is 19.2. The van der Waals surface area contributed by atoms with Gasteiger partial charge in [-0.25, -0.2) is 19.9 Å². The zero-order valence-corrected chi connectivity index (χ0v) is 16.9. The van der Waals surface area contributed by atoms with Crippen LogP contribution in [0.1, 0.15) is 18.1 Å². The van der Waals surface area contributed by atoms with Crippen molar-refractivity contribution in [3.05, 3.63) is 35.5 Å². The van der Waals surface area contributed by atoms with Gasteiger partial charge in [0.1, 0.15) is 22.0 Å². The van der Waals surface area contributed by atoms with E-state index in [0.717, 1.165) is 43.1 Å². The van der Waals surface area contributed by atoms with E-state index in [-0.39, 0.29) is 6.61 Å². The van der Waals surface area contributed by atoms with Crippen LogP contribution in [-0.4, -0.2) is 44.9 Å². The van der Waals surface area contributed by atoms with E-state index in [1.54, 1.807) is 20.2 Å². The third-order valence-electron chi connectivity index (χ3n) is 4.22. The van der Waals surface area contributed by atoms with Gasteiger partial charge in [-0.2, -0.15) is 0 Å². The molecule has 8 heteroatoms. The van der Waals surface area contributed by atoms with Crippen LogP contribution in [0.25, 0.3) is 32.0 Å². The normalized spacial score (nSPS) is 12.5. The van der Waals surface area contributed by atoms with Crippen LogP contribution in [0.5, 0.6) is 11.8 Å². The number of hydrogen-bond acceptors (Lipinski definition) is 8. The highest BCUT2D eigenvalue weighted by atomic mass is 32.1. The van der Waals surface area contributed by atoms with E-state index >= 15 is 0 Å². The molecule has 4 rings (SSSR count). The minimum Gasteiger partial charge on any atom is -0.480 e. The molecule has 0 fully saturated rings. The van der Waals surface area contributed by atoms with Crippen molar-refractivity contribution < 1.29 is 14.6 Å². The van der Waals surface area contributed by atoms with Gasteiger partial charge in [0.05, 0.1) is 30.4 Å². The van der Waals surface area contributed by atoms with Gasteiger partial charge in [0.2, 0.25) is 11.8 Å². The smallest absolute Gasteiger partial charge is 0.232 e. The van der Waals surface area contributed by atoms with E-state index in [0.29, 0.717) is 11.8 Å². The van der Waals surface area contributed by atoms with Gasteiger partial charge in [-0.3, -0.25) is 0 Å². The molecule has 0 spiro atoms. The SMILES string of the molecule is COc1cnc2c(-c3nc4c(C)cc(OC[C@@H](C)O)nc4s3)cc(C)cc2n1. The summed E-state index contributed by atoms with van der Waals surface area (Å²) in [6, 6.07) is 5.88. The minimum atomic E-state index is -0.552. The van der Waals surface area contributed by atoms with E-state index in [2.05, 4.69) is 21.0 Å². The molecular weight excluding hydrogens is 376 g/mol. The number of aromatic nitrogens is 4. The summed E-state index contributed by atoms with van der Waals surface area (Å²) in [5, 5.41) is 10.3. The van der Waals surface area contributed by atoms with E-state index in [1.165, 1.54) is 11.3 Å². The minimum absolute atomic E-state index is 0.198. The van der Waals surface area contributed by atoms with Crippen LogP contribution < -0.4 is 9.47 Å². The first kappa shape index (κ1) is 18.5. The standard InChI is InChI=1S/C20H20N4O3S/c1-10-5-13(18-14(6-10)22-16(26-4)8-21-18)19-24-17-11(2)7-15(23-20(17)28-19)27-9-12(3)25/h5-8,12,25H,9H2,1-4H3/t12-/m1/s1. The fourth-order valence-corrected chi connectivity index (χ4v) is 3.96. The predicted molar refractivity (Wildman–Crippen MR) is 109 cm³/mol. The van der Waals surface area contributed by atoms with Crippen molar-refractivity contribution in [2.45, 2.75) is 26.9 Å². The van der Waals surface area contributed by atoms with Gasteiger partial charge in [0, 0.05) is 11.6 Å². The molecule has 0 saturated heterocycles. The number of aliphatic hydroxyl groups excluding tert-OH is 1. The Bertz CT molecular complexity index is 1170. The molecule has 4 aromatic rings. The summed E-state index contributed by atoms with van der Waals surface area (Å²) < 4.78 is 10.8. The molecule has 144 valence electrons. The summed E-state index contributed by atoms with van der Waals surface area (Å²) in [6.45, 7) is 5.86. The fourth-order valence-electron chi connectivity index (χ4n) is 2.94. The highest BCUT2D eigenvalue weighted by Gasteiger charge is 2.16. The molecule has 0 saturated carbocycles. The first-order valence-corrected chi connectivity index (χ1v) is 9.67. The lowest BCUT2D eigenvalue weighted by molar-refractivity contribution is 0.120. The fraction of sp³-hybridized carbons (Fsp3) is 0.300. The van der Waals surface area contributed by atoms with E-state index < -0.39 is 6.10 Å². The zero-order valence-electron chi connectivity index (χ0n) is 16.1. The van der Waals surface area contributed by atoms with Gasteiger partial charge in [-0.1, -0.05) is 11.3 Å². The van der Waals surface area contributed by atoms with Crippen LogP contribution in [0.2, 0.25) is 0 Å². The molecular formula is C20H20N4O3S. The molecule has 28 heavy (non-hydrogen) atoms. The molecule has 0 radical (unpaired) electrons. The van der Waals surface area contributed by atoms with Gasteiger partial charge in [0.25, 0.3) is 0 Å². The largest absolute Gasteiger partial charge is 0.480 e. The molecule has 1 atom stereocenters. The number of aliphatic hydroxyl groups is 1. The van der Waals surface area contributed by atoms with E-state index in [1.807, 2.05) is 26.0 Å². The maximum atomic E-state index is 9.43. The predicted octanol–water partition coefficient (Wildman–Crippen LogP) is 3.69. The first-order chi connectivity index (χ1) is 13.4. The first-order valence-electron chi connectivity index (χ1n) is 8.85. The number of ether oxygens (including phenoxy) is 2. The molecule has 1 N–H and O–H groups in total. The Morgan fingerprint density at radius 3 is 2.64 bits per heavy atom. The van der Waals surface area contributed by atoms with Crippen LogP contribution in [0.4, 0.5) is 0 Å². The number of aryl methyl sites for hydroxylation is 2. The topological polar surface area (TPSA) is 90.3 Å². The van der Waals surface area contributed by atoms with Gasteiger partial charge in [-0.05, 0) is 44.0 Å². The summed E-state index contributed by atoms with van der Waals surface area (Å²) in [6.07, 6.45) is 1.06. The van der Waals surface area contributed by atoms with Gasteiger partial charge in [0.15, 0.2) is 0 Å². The van der Waals surface area contributed by atoms with Crippen molar-refractivity contribution in [2.24, 2.45) is 0 Å². The third-order valence-corrected chi connectivity index (χ3v) is 5.20. The summed E-state index contributed by atoms with van der Waals surface area (Å²) in [7, 11) is 1.58. The molecule has 0 bridgehead atoms. The Morgan fingerprint density at radius 1 is 1.07 bits per heavy atom. The average molecular weight is 396 g/mol. The van der Waals surface area contributed by atoms with Gasteiger partial charge >= 0.3 is 0 Å². The molecule has 7 nitrogen and oxygen atoms in total. The van der Waals surface area contributed by atoms with Crippen LogP contribution >= 0.6 is 11.3 Å². The van der Waals surface area contributed by atoms with Gasteiger partial charge in [-0.15, -0.1) is 0 Å². The zero-order chi connectivity index (χ0) is 19.8. The number of fused-ring (bicyclic) bond motifs is 2. The lowest BCUT2D eigenvalue weighted by Gasteiger charge is -2.07. The molecule has 0 aliphatic carbocycles. The van der Waals surface area contributed by atoms with E-state index in [9.17, 15) is 5.11 Å². The molecule has 3 heterocycles. The monoisotopic (exact) mass is 396 g/mol. The Morgan fingerprint density at radius 2 is 1.89 bits per heavy atom. The number of benzene rings is 1. The number of nitrogens with zero attached hydrogens (tertiary/aromatic N) is 4. The summed E-state index contributed by atoms with van der Waals surface area (Å²) >= 11 is 1.48. The van der Waals surface area contributed by atoms with Crippen molar-refractivity contribution in [3.63, 3.8) is 0 Å². The molecule has 0 aliphatic heterocycles. The highest BCUT2D eigenvalue weighted by Crippen LogP contribution is 2.35. The third kappa shape index (κ3) is 3.48. The maximum absolute atomic E-state index is 9.43. The number of pyridine rings is 1. The second-order valence-electron chi connectivity index (χ2n) is 6.70. The second kappa shape index (κ2) is 7.29. The van der Waals surface area contributed by atoms with Crippen LogP contribution in [0.3, 0.4) is 0 Å². The lowest BCUT2D eigenvalue weighted by atomic mass is 10.1. The Kier molecular flexibility index (Phi) is 4.82. The summed E-state index contributed by atoms with van der Waals surface area (Å²) in [5.74, 6) is 0.963. The van der Waals surface area contributed by atoms with Crippen molar-refractivity contribution in [2.75, 3.05) is 13.7 Å². The number of rotatable bonds is 5. The van der Waals surface area contributed by atoms with Gasteiger partial charge < -0.3 is 14.6 Å². The highest BCUT2D eigenvalue weighted by molar-refractivity contribution is 7.21. The van der Waals surface area contributed by atoms with Crippen molar-refractivity contribution >= 4 is 32.7 Å². The van der Waals surface area contributed by atoms with Crippen LogP contribution in [-0.2, 0) is 0 Å². The Balaban J connectivity index is 1.84. The molecule has 0 unspecified atom stereocenters. The van der Waals surface area contributed by atoms with Crippen LogP contribution in [0.15, 0.2) is 24.4 Å². The van der Waals surface area contributed by atoms with Crippen molar-refractivity contribution in [1.29, 1.82) is 0 Å². The number of thiazole rings is 1. The lowest BCUT2D eigenvalue weighted by Crippen LogP contribution is -2.13. The Hall–Kier alpha value is -2.84. The average Bonchev–Trinajstić information content (AvgIpc) is 3.09. The molecule has 3 aromatic heterocycles. The van der Waals surface area contributed by atoms with Crippen molar-refractivity contribution in [1.82, 2.24) is 19.9 Å². The quantitative estimate of drug-likeness (QED) is 0.550. The van der Waals surface area contributed by atoms with Crippen molar-refractivity contribution in [3.8, 4) is 22.3 Å². The molecule has 1 aromatic carbocycles. The summed E-state index contributed by atoms with van der Waals surface area (Å²) in [5.41, 5.74) is 5.32. The van der Waals surface area contributed by atoms with E-state index in [4.69, 9.17) is 14.5 Å². The number of methoxy groups -OCH3 is 1. The molecule has 0 aliphatic rings. The van der Waals surface area contributed by atoms with Crippen LogP contribution in [0, 0.1) is 13.8 Å².